The zero-order valence-corrected chi connectivity index (χ0v) is 26.4. The molecule has 0 aromatic carbocycles. The molecule has 0 bridgehead atoms. The second-order valence-corrected chi connectivity index (χ2v) is 11.9. The van der Waals surface area contributed by atoms with Crippen LogP contribution in [0.1, 0.15) is 129 Å². The van der Waals surface area contributed by atoms with Crippen molar-refractivity contribution in [2.24, 2.45) is 0 Å². The molecule has 3 N–H and O–H groups in total. The molecule has 3 unspecified atom stereocenters. The Morgan fingerprint density at radius 1 is 0.707 bits per heavy atom. The lowest BCUT2D eigenvalue weighted by Gasteiger charge is -2.20. The number of hydrogen-bond acceptors (Lipinski definition) is 9. The number of hydrogen-bond donors (Lipinski definition) is 3. The molecule has 0 saturated carbocycles. The van der Waals surface area contributed by atoms with E-state index in [0.29, 0.717) is 12.8 Å². The summed E-state index contributed by atoms with van der Waals surface area (Å²) in [5.74, 6) is -0.945. The molecule has 0 aromatic heterocycles. The molecular formula is C30H57O10P. The molecule has 0 radical (unpaired) electrons. The fraction of sp³-hybridized carbons (Fsp3) is 0.867. The topological polar surface area (TPSA) is 149 Å². The van der Waals surface area contributed by atoms with Gasteiger partial charge in [0.25, 0.3) is 0 Å². The second-order valence-electron chi connectivity index (χ2n) is 10.5. The quantitative estimate of drug-likeness (QED) is 0.0369. The second kappa shape index (κ2) is 27.5. The molecule has 0 aliphatic heterocycles. The Morgan fingerprint density at radius 3 is 1.83 bits per heavy atom. The first-order valence-corrected chi connectivity index (χ1v) is 17.1. The minimum atomic E-state index is -4.59. The van der Waals surface area contributed by atoms with Gasteiger partial charge in [-0.25, -0.2) is 4.57 Å². The van der Waals surface area contributed by atoms with Gasteiger partial charge in [-0.2, -0.15) is 0 Å². The van der Waals surface area contributed by atoms with E-state index in [4.69, 9.17) is 19.1 Å². The molecule has 0 amide bonds. The summed E-state index contributed by atoms with van der Waals surface area (Å²) in [4.78, 5) is 34.4. The van der Waals surface area contributed by atoms with E-state index in [9.17, 15) is 24.2 Å². The number of rotatable bonds is 29. The van der Waals surface area contributed by atoms with Gasteiger partial charge in [0.15, 0.2) is 6.10 Å². The van der Waals surface area contributed by atoms with Gasteiger partial charge in [0.2, 0.25) is 0 Å². The molecule has 41 heavy (non-hydrogen) atoms. The predicted molar refractivity (Wildman–Crippen MR) is 159 cm³/mol. The van der Waals surface area contributed by atoms with Crippen LogP contribution in [0, 0.1) is 0 Å². The van der Waals surface area contributed by atoms with Gasteiger partial charge in [0, 0.05) is 12.8 Å². The minimum absolute atomic E-state index is 0.176. The molecule has 0 aliphatic carbocycles. The number of phosphoric ester groups is 1. The summed E-state index contributed by atoms with van der Waals surface area (Å²) in [6.07, 6.45) is 19.3. The fourth-order valence-corrected chi connectivity index (χ4v) is 4.70. The maximum atomic E-state index is 12.4. The van der Waals surface area contributed by atoms with Gasteiger partial charge < -0.3 is 24.6 Å². The number of carbonyl (C=O) groups is 2. The van der Waals surface area contributed by atoms with E-state index in [-0.39, 0.29) is 19.4 Å². The Bertz CT molecular complexity index is 715. The van der Waals surface area contributed by atoms with Crippen molar-refractivity contribution in [2.75, 3.05) is 26.4 Å². The van der Waals surface area contributed by atoms with Crippen molar-refractivity contribution in [3.05, 3.63) is 12.2 Å². The summed E-state index contributed by atoms with van der Waals surface area (Å²) in [5.41, 5.74) is 0. The summed E-state index contributed by atoms with van der Waals surface area (Å²) in [6, 6.07) is 0. The van der Waals surface area contributed by atoms with Crippen molar-refractivity contribution in [3.8, 4) is 0 Å². The molecule has 0 heterocycles. The van der Waals surface area contributed by atoms with Gasteiger partial charge in [-0.1, -0.05) is 96.6 Å². The molecule has 0 saturated heterocycles. The number of esters is 2. The molecule has 10 nitrogen and oxygen atoms in total. The number of ether oxygens (including phenoxy) is 2. The fourth-order valence-electron chi connectivity index (χ4n) is 3.91. The molecule has 0 fully saturated rings. The highest BCUT2D eigenvalue weighted by molar-refractivity contribution is 7.47. The van der Waals surface area contributed by atoms with Gasteiger partial charge >= 0.3 is 19.8 Å². The number of aliphatic hydroxyl groups is 2. The van der Waals surface area contributed by atoms with Crippen molar-refractivity contribution >= 4 is 19.8 Å². The van der Waals surface area contributed by atoms with Crippen molar-refractivity contribution in [1.82, 2.24) is 0 Å². The largest absolute Gasteiger partial charge is 0.472 e. The third-order valence-corrected chi connectivity index (χ3v) is 7.37. The van der Waals surface area contributed by atoms with Crippen molar-refractivity contribution < 1.29 is 47.8 Å². The highest BCUT2D eigenvalue weighted by Gasteiger charge is 2.27. The van der Waals surface area contributed by atoms with Gasteiger partial charge in [-0.05, 0) is 32.1 Å². The summed E-state index contributed by atoms with van der Waals surface area (Å²) in [5, 5.41) is 18.1. The highest BCUT2D eigenvalue weighted by atomic mass is 31.2. The van der Waals surface area contributed by atoms with Crippen molar-refractivity contribution in [3.63, 3.8) is 0 Å². The van der Waals surface area contributed by atoms with Crippen LogP contribution in [0.4, 0.5) is 0 Å². The molecular weight excluding hydrogens is 551 g/mol. The highest BCUT2D eigenvalue weighted by Crippen LogP contribution is 2.43. The van der Waals surface area contributed by atoms with Crippen LogP contribution in [-0.2, 0) is 32.7 Å². The maximum absolute atomic E-state index is 12.4. The zero-order valence-electron chi connectivity index (χ0n) is 25.5. The number of aliphatic hydroxyl groups excluding tert-OH is 2. The lowest BCUT2D eigenvalue weighted by molar-refractivity contribution is -0.161. The number of phosphoric acid groups is 1. The molecule has 0 rings (SSSR count). The smallest absolute Gasteiger partial charge is 0.462 e. The standard InChI is InChI=1S/C30H57O10P/c1-3-5-7-9-11-12-13-14-16-18-20-22-30(34)40-28(26-39-41(35,36)38-24-27(32)23-31)25-37-29(33)21-19-17-15-10-8-6-4-2/h9,11,27-28,31-32H,3-8,10,12-26H2,1-2H3,(H,35,36)/b11-9-. The molecule has 0 spiro atoms. The summed E-state index contributed by atoms with van der Waals surface area (Å²) in [6.45, 7) is 2.23. The predicted octanol–water partition coefficient (Wildman–Crippen LogP) is 6.55. The van der Waals surface area contributed by atoms with Crippen LogP contribution < -0.4 is 0 Å². The first kappa shape index (κ1) is 39.7. The van der Waals surface area contributed by atoms with E-state index < -0.39 is 51.8 Å². The van der Waals surface area contributed by atoms with E-state index in [1.165, 1.54) is 32.1 Å². The van der Waals surface area contributed by atoms with Gasteiger partial charge in [-0.15, -0.1) is 0 Å². The van der Waals surface area contributed by atoms with Crippen LogP contribution in [-0.4, -0.2) is 65.7 Å². The van der Waals surface area contributed by atoms with E-state index >= 15 is 0 Å². The molecule has 242 valence electrons. The molecule has 0 aromatic rings. The molecule has 11 heteroatoms. The van der Waals surface area contributed by atoms with Crippen LogP contribution in [0.2, 0.25) is 0 Å². The Balaban J connectivity index is 4.49. The molecule has 3 atom stereocenters. The van der Waals surface area contributed by atoms with Gasteiger partial charge in [0.1, 0.15) is 12.7 Å². The number of allylic oxidation sites excluding steroid dienone is 2. The Hall–Kier alpha value is -1.29. The SMILES string of the molecule is CCCC/C=C\CCCCCCCC(=O)OC(COC(=O)CCCCCCCCC)COP(=O)(O)OCC(O)CO. The number of unbranched alkanes of at least 4 members (excludes halogenated alkanes) is 13. The average molecular weight is 609 g/mol. The average Bonchev–Trinajstić information content (AvgIpc) is 2.95. The van der Waals surface area contributed by atoms with Crippen LogP contribution in [0.5, 0.6) is 0 Å². The van der Waals surface area contributed by atoms with E-state index in [2.05, 4.69) is 30.5 Å². The summed E-state index contributed by atoms with van der Waals surface area (Å²) in [7, 11) is -4.59. The molecule has 0 aliphatic rings. The van der Waals surface area contributed by atoms with Crippen LogP contribution >= 0.6 is 7.82 Å². The lowest BCUT2D eigenvalue weighted by atomic mass is 10.1. The number of carbonyl (C=O) groups excluding carboxylic acids is 2. The first-order chi connectivity index (χ1) is 19.7. The van der Waals surface area contributed by atoms with Gasteiger partial charge in [0.05, 0.1) is 19.8 Å². The van der Waals surface area contributed by atoms with E-state index in [0.717, 1.165) is 57.8 Å². The first-order valence-electron chi connectivity index (χ1n) is 15.6. The van der Waals surface area contributed by atoms with E-state index in [1.54, 1.807) is 0 Å². The van der Waals surface area contributed by atoms with Crippen molar-refractivity contribution in [2.45, 2.75) is 142 Å². The normalized spacial score (nSPS) is 14.6. The van der Waals surface area contributed by atoms with Crippen LogP contribution in [0.3, 0.4) is 0 Å². The zero-order chi connectivity index (χ0) is 30.6. The third kappa shape index (κ3) is 27.3. The maximum Gasteiger partial charge on any atom is 0.472 e. The van der Waals surface area contributed by atoms with E-state index in [1.807, 2.05) is 0 Å². The van der Waals surface area contributed by atoms with Crippen LogP contribution in [0.15, 0.2) is 12.2 Å². The lowest BCUT2D eigenvalue weighted by Crippen LogP contribution is -2.29. The summed E-state index contributed by atoms with van der Waals surface area (Å²) < 4.78 is 32.3. The Labute approximate surface area is 247 Å². The van der Waals surface area contributed by atoms with Crippen LogP contribution in [0.25, 0.3) is 0 Å². The van der Waals surface area contributed by atoms with Crippen molar-refractivity contribution in [1.29, 1.82) is 0 Å². The minimum Gasteiger partial charge on any atom is -0.462 e. The third-order valence-electron chi connectivity index (χ3n) is 6.42. The monoisotopic (exact) mass is 608 g/mol. The Kier molecular flexibility index (Phi) is 26.7. The Morgan fingerprint density at radius 2 is 1.22 bits per heavy atom. The summed E-state index contributed by atoms with van der Waals surface area (Å²) >= 11 is 0. The van der Waals surface area contributed by atoms with Gasteiger partial charge in [-0.3, -0.25) is 18.6 Å².